The SMILES string of the molecule is CC(NC(=O)C1(N)CCCC1)c1nc(Cc2ccccc2)no1.Cl. The normalized spacial score (nSPS) is 17.1. The minimum atomic E-state index is -0.749. The molecule has 1 amide bonds. The van der Waals surface area contributed by atoms with Crippen molar-refractivity contribution in [2.45, 2.75) is 50.6 Å². The van der Waals surface area contributed by atoms with E-state index in [1.54, 1.807) is 0 Å². The number of hydrogen-bond donors (Lipinski definition) is 2. The van der Waals surface area contributed by atoms with E-state index in [1.807, 2.05) is 37.3 Å². The highest BCUT2D eigenvalue weighted by Gasteiger charge is 2.38. The van der Waals surface area contributed by atoms with E-state index in [1.165, 1.54) is 0 Å². The van der Waals surface area contributed by atoms with E-state index < -0.39 is 5.54 Å². The second-order valence-electron chi connectivity index (χ2n) is 6.27. The minimum Gasteiger partial charge on any atom is -0.343 e. The average molecular weight is 351 g/mol. The largest absolute Gasteiger partial charge is 0.343 e. The van der Waals surface area contributed by atoms with Gasteiger partial charge in [-0.2, -0.15) is 4.98 Å². The van der Waals surface area contributed by atoms with Crippen LogP contribution in [0.1, 0.15) is 55.9 Å². The molecule has 3 N–H and O–H groups in total. The third-order valence-corrected chi connectivity index (χ3v) is 4.35. The van der Waals surface area contributed by atoms with Crippen LogP contribution in [0, 0.1) is 0 Å². The molecule has 130 valence electrons. The molecule has 6 nitrogen and oxygen atoms in total. The van der Waals surface area contributed by atoms with Gasteiger partial charge in [-0.1, -0.05) is 48.3 Å². The van der Waals surface area contributed by atoms with E-state index in [2.05, 4.69) is 15.5 Å². The van der Waals surface area contributed by atoms with Crippen molar-refractivity contribution in [3.05, 3.63) is 47.6 Å². The van der Waals surface area contributed by atoms with Crippen molar-refractivity contribution >= 4 is 18.3 Å². The summed E-state index contributed by atoms with van der Waals surface area (Å²) in [7, 11) is 0. The van der Waals surface area contributed by atoms with Crippen LogP contribution in [0.15, 0.2) is 34.9 Å². The molecule has 1 aliphatic rings. The highest BCUT2D eigenvalue weighted by atomic mass is 35.5. The van der Waals surface area contributed by atoms with Gasteiger partial charge in [0, 0.05) is 6.42 Å². The Morgan fingerprint density at radius 3 is 2.67 bits per heavy atom. The second-order valence-corrected chi connectivity index (χ2v) is 6.27. The summed E-state index contributed by atoms with van der Waals surface area (Å²) in [6.07, 6.45) is 4.06. The first-order chi connectivity index (χ1) is 11.1. The highest BCUT2D eigenvalue weighted by molar-refractivity contribution is 5.86. The zero-order valence-corrected chi connectivity index (χ0v) is 14.5. The summed E-state index contributed by atoms with van der Waals surface area (Å²) in [6.45, 7) is 1.83. The number of rotatable bonds is 5. The number of halogens is 1. The van der Waals surface area contributed by atoms with Gasteiger partial charge in [-0.25, -0.2) is 0 Å². The standard InChI is InChI=1S/C17H22N4O2.ClH/c1-12(19-16(22)17(18)9-5-6-10-17)15-20-14(21-23-15)11-13-7-3-2-4-8-13;/h2-4,7-8,12H,5-6,9-11,18H2,1H3,(H,19,22);1H. The molecular formula is C17H23ClN4O2. The van der Waals surface area contributed by atoms with Crippen LogP contribution in [-0.2, 0) is 11.2 Å². The van der Waals surface area contributed by atoms with Crippen molar-refractivity contribution in [1.29, 1.82) is 0 Å². The first-order valence-electron chi connectivity index (χ1n) is 8.03. The molecule has 24 heavy (non-hydrogen) atoms. The van der Waals surface area contributed by atoms with Gasteiger partial charge in [0.25, 0.3) is 0 Å². The molecule has 0 radical (unpaired) electrons. The van der Waals surface area contributed by atoms with Gasteiger partial charge in [0.2, 0.25) is 11.8 Å². The number of nitrogens with zero attached hydrogens (tertiary/aromatic N) is 2. The predicted molar refractivity (Wildman–Crippen MR) is 92.7 cm³/mol. The fraction of sp³-hybridized carbons (Fsp3) is 0.471. The van der Waals surface area contributed by atoms with E-state index in [-0.39, 0.29) is 24.4 Å². The van der Waals surface area contributed by atoms with Gasteiger partial charge in [-0.15, -0.1) is 12.4 Å². The monoisotopic (exact) mass is 350 g/mol. The molecule has 1 saturated carbocycles. The van der Waals surface area contributed by atoms with Crippen LogP contribution in [0.2, 0.25) is 0 Å². The lowest BCUT2D eigenvalue weighted by Crippen LogP contribution is -2.52. The molecule has 2 aromatic rings. The average Bonchev–Trinajstić information content (AvgIpc) is 3.18. The number of nitrogens with one attached hydrogen (secondary N) is 1. The highest BCUT2D eigenvalue weighted by Crippen LogP contribution is 2.28. The number of hydrogen-bond acceptors (Lipinski definition) is 5. The van der Waals surface area contributed by atoms with Gasteiger partial charge in [-0.3, -0.25) is 4.79 Å². The molecule has 7 heteroatoms. The van der Waals surface area contributed by atoms with Gasteiger partial charge in [0.05, 0.1) is 5.54 Å². The third kappa shape index (κ3) is 4.13. The fourth-order valence-electron chi connectivity index (χ4n) is 2.93. The van der Waals surface area contributed by atoms with E-state index in [0.29, 0.717) is 18.1 Å². The number of amides is 1. The molecule has 1 heterocycles. The molecule has 0 saturated heterocycles. The Hall–Kier alpha value is -1.92. The Labute approximate surface area is 147 Å². The zero-order valence-electron chi connectivity index (χ0n) is 13.7. The van der Waals surface area contributed by atoms with Crippen LogP contribution in [0.3, 0.4) is 0 Å². The maximum Gasteiger partial charge on any atom is 0.248 e. The maximum atomic E-state index is 12.3. The number of aromatic nitrogens is 2. The Morgan fingerprint density at radius 2 is 2.00 bits per heavy atom. The molecule has 1 aromatic carbocycles. The molecule has 1 unspecified atom stereocenters. The molecule has 1 atom stereocenters. The van der Waals surface area contributed by atoms with Crippen molar-refractivity contribution < 1.29 is 9.32 Å². The number of nitrogens with two attached hydrogens (primary N) is 1. The Balaban J connectivity index is 0.00000208. The first-order valence-corrected chi connectivity index (χ1v) is 8.03. The Bertz CT molecular complexity index is 668. The van der Waals surface area contributed by atoms with E-state index >= 15 is 0 Å². The summed E-state index contributed by atoms with van der Waals surface area (Å²) >= 11 is 0. The van der Waals surface area contributed by atoms with E-state index in [4.69, 9.17) is 10.3 Å². The van der Waals surface area contributed by atoms with Crippen molar-refractivity contribution in [2.24, 2.45) is 5.73 Å². The number of carbonyl (C=O) groups excluding carboxylic acids is 1. The summed E-state index contributed by atoms with van der Waals surface area (Å²) in [4.78, 5) is 16.7. The molecule has 1 aromatic heterocycles. The van der Waals surface area contributed by atoms with Gasteiger partial charge in [0.1, 0.15) is 6.04 Å². The van der Waals surface area contributed by atoms with Crippen LogP contribution in [0.5, 0.6) is 0 Å². The summed E-state index contributed by atoms with van der Waals surface area (Å²) in [6, 6.07) is 9.59. The molecular weight excluding hydrogens is 328 g/mol. The Kier molecular flexibility index (Phi) is 5.96. The quantitative estimate of drug-likeness (QED) is 0.864. The number of benzene rings is 1. The van der Waals surface area contributed by atoms with Gasteiger partial charge >= 0.3 is 0 Å². The summed E-state index contributed by atoms with van der Waals surface area (Å²) in [5.74, 6) is 0.881. The van der Waals surface area contributed by atoms with Crippen molar-refractivity contribution in [3.63, 3.8) is 0 Å². The predicted octanol–water partition coefficient (Wildman–Crippen LogP) is 2.53. The second kappa shape index (κ2) is 7.77. The number of carbonyl (C=O) groups is 1. The zero-order chi connectivity index (χ0) is 16.3. The van der Waals surface area contributed by atoms with Crippen molar-refractivity contribution in [1.82, 2.24) is 15.5 Å². The van der Waals surface area contributed by atoms with Crippen LogP contribution < -0.4 is 11.1 Å². The van der Waals surface area contributed by atoms with Crippen LogP contribution in [-0.4, -0.2) is 21.6 Å². The maximum absolute atomic E-state index is 12.3. The lowest BCUT2D eigenvalue weighted by atomic mass is 9.98. The van der Waals surface area contributed by atoms with Gasteiger partial charge < -0.3 is 15.6 Å². The van der Waals surface area contributed by atoms with Gasteiger partial charge in [-0.05, 0) is 25.3 Å². The molecule has 1 aliphatic carbocycles. The first kappa shape index (κ1) is 18.4. The molecule has 0 spiro atoms. The molecule has 3 rings (SSSR count). The fourth-order valence-corrected chi connectivity index (χ4v) is 2.93. The minimum absolute atomic E-state index is 0. The lowest BCUT2D eigenvalue weighted by Gasteiger charge is -2.23. The van der Waals surface area contributed by atoms with E-state index in [0.717, 1.165) is 31.2 Å². The van der Waals surface area contributed by atoms with Crippen LogP contribution in [0.4, 0.5) is 0 Å². The van der Waals surface area contributed by atoms with Crippen LogP contribution >= 0.6 is 12.4 Å². The summed E-state index contributed by atoms with van der Waals surface area (Å²) in [5.41, 5.74) is 6.52. The third-order valence-electron chi connectivity index (χ3n) is 4.35. The smallest absolute Gasteiger partial charge is 0.248 e. The topological polar surface area (TPSA) is 94.0 Å². The molecule has 0 aliphatic heterocycles. The van der Waals surface area contributed by atoms with Crippen LogP contribution in [0.25, 0.3) is 0 Å². The summed E-state index contributed by atoms with van der Waals surface area (Å²) < 4.78 is 5.28. The van der Waals surface area contributed by atoms with Crippen molar-refractivity contribution in [3.8, 4) is 0 Å². The van der Waals surface area contributed by atoms with Gasteiger partial charge in [0.15, 0.2) is 5.82 Å². The molecule has 0 bridgehead atoms. The van der Waals surface area contributed by atoms with Crippen molar-refractivity contribution in [2.75, 3.05) is 0 Å². The van der Waals surface area contributed by atoms with E-state index in [9.17, 15) is 4.79 Å². The lowest BCUT2D eigenvalue weighted by molar-refractivity contribution is -0.127. The Morgan fingerprint density at radius 1 is 1.33 bits per heavy atom. The molecule has 1 fully saturated rings. The summed E-state index contributed by atoms with van der Waals surface area (Å²) in [5, 5.41) is 6.88.